The van der Waals surface area contributed by atoms with Crippen LogP contribution >= 0.6 is 0 Å². The molecule has 178 valence electrons. The Kier molecular flexibility index (Phi) is 5.63. The first kappa shape index (κ1) is 22.2. The summed E-state index contributed by atoms with van der Waals surface area (Å²) in [6, 6.07) is 11.1. The van der Waals surface area contributed by atoms with Crippen LogP contribution in [0.25, 0.3) is 5.69 Å². The lowest BCUT2D eigenvalue weighted by molar-refractivity contribution is 0.00623. The fraction of sp³-hybridized carbons (Fsp3) is 0.440. The van der Waals surface area contributed by atoms with Gasteiger partial charge in [0, 0.05) is 31.7 Å². The number of hydrogen-bond acceptors (Lipinski definition) is 6. The third kappa shape index (κ3) is 4.55. The molecule has 2 aromatic heterocycles. The molecule has 9 nitrogen and oxygen atoms in total. The molecule has 0 N–H and O–H groups in total. The number of ether oxygens (including phenoxy) is 2. The lowest BCUT2D eigenvalue weighted by Gasteiger charge is -2.21. The molecule has 2 fully saturated rings. The Hall–Kier alpha value is -3.62. The standard InChI is InChI=1S/C25H29N5O4/c1-25(2,3)34-23(31)20-9-12-30(27-20)24(32)28-15-17-13-19(14-18(17)16-28)33-22-8-5-4-7-21(22)29-11-6-10-26-29/h4-12,17-19H,13-16H2,1-3H3/t17-,18?,19?/m1/s1. The summed E-state index contributed by atoms with van der Waals surface area (Å²) < 4.78 is 14.8. The van der Waals surface area contributed by atoms with E-state index < -0.39 is 11.6 Å². The van der Waals surface area contributed by atoms with E-state index in [0.29, 0.717) is 24.9 Å². The summed E-state index contributed by atoms with van der Waals surface area (Å²) in [5, 5.41) is 8.48. The molecule has 0 bridgehead atoms. The lowest BCUT2D eigenvalue weighted by atomic mass is 10.0. The molecule has 1 aromatic carbocycles. The van der Waals surface area contributed by atoms with E-state index >= 15 is 0 Å². The van der Waals surface area contributed by atoms with E-state index in [0.717, 1.165) is 24.3 Å². The number of esters is 1. The van der Waals surface area contributed by atoms with Gasteiger partial charge in [0.2, 0.25) is 0 Å². The van der Waals surface area contributed by atoms with Crippen molar-refractivity contribution in [3.63, 3.8) is 0 Å². The minimum absolute atomic E-state index is 0.104. The van der Waals surface area contributed by atoms with Crippen molar-refractivity contribution >= 4 is 12.0 Å². The highest BCUT2D eigenvalue weighted by Crippen LogP contribution is 2.40. The van der Waals surface area contributed by atoms with Crippen LogP contribution < -0.4 is 4.74 Å². The number of nitrogens with zero attached hydrogens (tertiary/aromatic N) is 5. The zero-order valence-electron chi connectivity index (χ0n) is 19.6. The molecule has 9 heteroatoms. The third-order valence-corrected chi connectivity index (χ3v) is 6.28. The minimum atomic E-state index is -0.616. The van der Waals surface area contributed by atoms with Gasteiger partial charge in [0.15, 0.2) is 5.69 Å². The second kappa shape index (κ2) is 8.62. The number of amides is 1. The topological polar surface area (TPSA) is 91.5 Å². The van der Waals surface area contributed by atoms with E-state index in [1.54, 1.807) is 31.6 Å². The number of carbonyl (C=O) groups excluding carboxylic acids is 2. The highest BCUT2D eigenvalue weighted by atomic mass is 16.6. The van der Waals surface area contributed by atoms with Crippen molar-refractivity contribution in [2.75, 3.05) is 13.1 Å². The van der Waals surface area contributed by atoms with E-state index in [9.17, 15) is 9.59 Å². The predicted octanol–water partition coefficient (Wildman–Crippen LogP) is 3.78. The highest BCUT2D eigenvalue weighted by molar-refractivity contribution is 5.88. The molecule has 2 aliphatic rings. The molecule has 1 aliphatic carbocycles. The van der Waals surface area contributed by atoms with Gasteiger partial charge in [0.05, 0.1) is 6.10 Å². The summed E-state index contributed by atoms with van der Waals surface area (Å²) in [4.78, 5) is 27.0. The van der Waals surface area contributed by atoms with Crippen molar-refractivity contribution < 1.29 is 19.1 Å². The van der Waals surface area contributed by atoms with Crippen LogP contribution in [0.5, 0.6) is 5.75 Å². The molecular formula is C25H29N5O4. The number of likely N-dealkylation sites (tertiary alicyclic amines) is 1. The summed E-state index contributed by atoms with van der Waals surface area (Å²) in [6.45, 7) is 6.70. The largest absolute Gasteiger partial charge is 0.488 e. The van der Waals surface area contributed by atoms with Crippen molar-refractivity contribution in [1.82, 2.24) is 24.5 Å². The maximum Gasteiger partial charge on any atom is 0.359 e. The fourth-order valence-electron chi connectivity index (χ4n) is 4.85. The third-order valence-electron chi connectivity index (χ3n) is 6.28. The quantitative estimate of drug-likeness (QED) is 0.547. The Labute approximate surface area is 198 Å². The first-order valence-corrected chi connectivity index (χ1v) is 11.6. The molecular weight excluding hydrogens is 434 g/mol. The van der Waals surface area contributed by atoms with Gasteiger partial charge < -0.3 is 14.4 Å². The van der Waals surface area contributed by atoms with Gasteiger partial charge in [0.25, 0.3) is 0 Å². The van der Waals surface area contributed by atoms with Crippen molar-refractivity contribution in [2.24, 2.45) is 11.8 Å². The Morgan fingerprint density at radius 1 is 1.00 bits per heavy atom. The van der Waals surface area contributed by atoms with Crippen LogP contribution in [-0.4, -0.2) is 61.3 Å². The second-order valence-electron chi connectivity index (χ2n) is 9.98. The Morgan fingerprint density at radius 3 is 2.41 bits per heavy atom. The molecule has 2 unspecified atom stereocenters. The number of fused-ring (bicyclic) bond motifs is 1. The van der Waals surface area contributed by atoms with Crippen LogP contribution in [0.1, 0.15) is 44.1 Å². The average molecular weight is 464 g/mol. The van der Waals surface area contributed by atoms with Crippen LogP contribution in [0, 0.1) is 11.8 Å². The molecule has 1 saturated heterocycles. The first-order valence-electron chi connectivity index (χ1n) is 11.6. The lowest BCUT2D eigenvalue weighted by Crippen LogP contribution is -2.35. The van der Waals surface area contributed by atoms with E-state index in [1.165, 1.54) is 16.9 Å². The van der Waals surface area contributed by atoms with Crippen molar-refractivity contribution in [1.29, 1.82) is 0 Å². The Bertz CT molecular complexity index is 1170. The summed E-state index contributed by atoms with van der Waals surface area (Å²) >= 11 is 0. The van der Waals surface area contributed by atoms with Gasteiger partial charge in [-0.3, -0.25) is 0 Å². The predicted molar refractivity (Wildman–Crippen MR) is 124 cm³/mol. The summed E-state index contributed by atoms with van der Waals surface area (Å²) in [6.07, 6.45) is 7.06. The van der Waals surface area contributed by atoms with E-state index in [2.05, 4.69) is 10.2 Å². The fourth-order valence-corrected chi connectivity index (χ4v) is 4.85. The number of aromatic nitrogens is 4. The number of para-hydroxylation sites is 2. The van der Waals surface area contributed by atoms with Crippen molar-refractivity contribution in [3.05, 3.63) is 60.7 Å². The number of rotatable bonds is 4. The van der Waals surface area contributed by atoms with Gasteiger partial charge >= 0.3 is 12.0 Å². The average Bonchev–Trinajstić information content (AvgIpc) is 3.55. The van der Waals surface area contributed by atoms with E-state index in [-0.39, 0.29) is 17.8 Å². The molecule has 1 aliphatic heterocycles. The van der Waals surface area contributed by atoms with Gasteiger partial charge in [-0.05, 0) is 69.7 Å². The van der Waals surface area contributed by atoms with Crippen molar-refractivity contribution in [2.45, 2.75) is 45.3 Å². The Balaban J connectivity index is 1.19. The van der Waals surface area contributed by atoms with Gasteiger partial charge in [-0.25, -0.2) is 14.3 Å². The molecule has 5 rings (SSSR count). The van der Waals surface area contributed by atoms with E-state index in [4.69, 9.17) is 9.47 Å². The van der Waals surface area contributed by atoms with Gasteiger partial charge in [-0.15, -0.1) is 0 Å². The van der Waals surface area contributed by atoms with Crippen LogP contribution in [-0.2, 0) is 4.74 Å². The van der Waals surface area contributed by atoms with Gasteiger partial charge in [-0.1, -0.05) is 12.1 Å². The maximum absolute atomic E-state index is 13.0. The number of carbonyl (C=O) groups is 2. The zero-order valence-corrected chi connectivity index (χ0v) is 19.6. The zero-order chi connectivity index (χ0) is 23.9. The normalized spacial score (nSPS) is 22.0. The number of hydrogen-bond donors (Lipinski definition) is 0. The molecule has 3 atom stereocenters. The minimum Gasteiger partial charge on any atom is -0.488 e. The smallest absolute Gasteiger partial charge is 0.359 e. The molecule has 3 heterocycles. The summed E-state index contributed by atoms with van der Waals surface area (Å²) in [5.41, 5.74) is 0.433. The van der Waals surface area contributed by atoms with Crippen LogP contribution in [0.15, 0.2) is 55.0 Å². The molecule has 34 heavy (non-hydrogen) atoms. The molecule has 1 saturated carbocycles. The SMILES string of the molecule is CC(C)(C)OC(=O)c1ccn(C(=O)N2CC3CC(Oc4ccccc4-n4cccn4)C[C@@H]3C2)n1. The molecule has 3 aromatic rings. The van der Waals surface area contributed by atoms with Crippen LogP contribution in [0.4, 0.5) is 4.79 Å². The van der Waals surface area contributed by atoms with Crippen LogP contribution in [0.3, 0.4) is 0 Å². The molecule has 0 spiro atoms. The molecule has 1 amide bonds. The number of benzene rings is 1. The second-order valence-corrected chi connectivity index (χ2v) is 9.98. The first-order chi connectivity index (χ1) is 16.3. The van der Waals surface area contributed by atoms with Gasteiger partial charge in [0.1, 0.15) is 17.0 Å². The van der Waals surface area contributed by atoms with Crippen LogP contribution in [0.2, 0.25) is 0 Å². The van der Waals surface area contributed by atoms with Crippen molar-refractivity contribution in [3.8, 4) is 11.4 Å². The summed E-state index contributed by atoms with van der Waals surface area (Å²) in [7, 11) is 0. The van der Waals surface area contributed by atoms with E-state index in [1.807, 2.05) is 41.4 Å². The maximum atomic E-state index is 13.0. The van der Waals surface area contributed by atoms with Gasteiger partial charge in [-0.2, -0.15) is 14.9 Å². The molecule has 0 radical (unpaired) electrons. The summed E-state index contributed by atoms with van der Waals surface area (Å²) in [5.74, 6) is 1.04. The Morgan fingerprint density at radius 2 is 1.74 bits per heavy atom. The monoisotopic (exact) mass is 463 g/mol. The highest BCUT2D eigenvalue weighted by Gasteiger charge is 2.44.